The van der Waals surface area contributed by atoms with E-state index in [2.05, 4.69) is 5.32 Å². The van der Waals surface area contributed by atoms with Crippen LogP contribution in [0.15, 0.2) is 24.3 Å². The van der Waals surface area contributed by atoms with E-state index in [-0.39, 0.29) is 18.4 Å². The Morgan fingerprint density at radius 3 is 3.11 bits per heavy atom. The predicted molar refractivity (Wildman–Crippen MR) is 69.7 cm³/mol. The maximum absolute atomic E-state index is 12.1. The number of nitrogens with one attached hydrogen (secondary N) is 1. The number of para-hydroxylation sites is 2. The van der Waals surface area contributed by atoms with Gasteiger partial charge in [-0.05, 0) is 25.0 Å². The van der Waals surface area contributed by atoms with Crippen LogP contribution in [0.25, 0.3) is 0 Å². The smallest absolute Gasteiger partial charge is 0.229 e. The van der Waals surface area contributed by atoms with Crippen molar-refractivity contribution < 1.29 is 14.3 Å². The first-order valence-corrected chi connectivity index (χ1v) is 6.28. The fourth-order valence-corrected chi connectivity index (χ4v) is 1.99. The van der Waals surface area contributed by atoms with Crippen LogP contribution >= 0.6 is 0 Å². The van der Waals surface area contributed by atoms with Crippen molar-refractivity contribution in [1.82, 2.24) is 0 Å². The highest BCUT2D eigenvalue weighted by molar-refractivity contribution is 5.94. The molecule has 0 bridgehead atoms. The van der Waals surface area contributed by atoms with Crippen LogP contribution in [0.1, 0.15) is 12.8 Å². The third-order valence-electron chi connectivity index (χ3n) is 2.97. The molecular formula is C14H16N2O3. The molecule has 0 aliphatic carbocycles. The Kier molecular flexibility index (Phi) is 4.76. The Morgan fingerprint density at radius 1 is 1.53 bits per heavy atom. The summed E-state index contributed by atoms with van der Waals surface area (Å²) in [6.45, 7) is 1.15. The molecule has 1 aliphatic rings. The summed E-state index contributed by atoms with van der Waals surface area (Å²) in [6.07, 6.45) is 1.75. The molecule has 1 aromatic carbocycles. The van der Waals surface area contributed by atoms with Crippen molar-refractivity contribution in [2.24, 2.45) is 5.92 Å². The van der Waals surface area contributed by atoms with Crippen molar-refractivity contribution in [3.8, 4) is 11.8 Å². The van der Waals surface area contributed by atoms with Gasteiger partial charge in [0.15, 0.2) is 6.61 Å². The Bertz CT molecular complexity index is 476. The minimum Gasteiger partial charge on any atom is -0.477 e. The first-order chi connectivity index (χ1) is 9.31. The number of ether oxygens (including phenoxy) is 2. The summed E-state index contributed by atoms with van der Waals surface area (Å²) >= 11 is 0. The number of hydrogen-bond donors (Lipinski definition) is 1. The van der Waals surface area contributed by atoms with Gasteiger partial charge in [0.05, 0.1) is 18.2 Å². The van der Waals surface area contributed by atoms with Gasteiger partial charge in [-0.15, -0.1) is 0 Å². The minimum absolute atomic E-state index is 0.0422. The maximum atomic E-state index is 12.1. The number of carbonyl (C=O) groups excluding carboxylic acids is 1. The lowest BCUT2D eigenvalue weighted by molar-refractivity contribution is -0.123. The predicted octanol–water partition coefficient (Wildman–Crippen LogP) is 1.95. The number of nitrogens with zero attached hydrogens (tertiary/aromatic N) is 1. The number of nitriles is 1. The topological polar surface area (TPSA) is 71.3 Å². The first kappa shape index (κ1) is 13.4. The lowest BCUT2D eigenvalue weighted by atomic mass is 10.0. The molecule has 1 fully saturated rings. The highest BCUT2D eigenvalue weighted by Gasteiger charge is 2.22. The van der Waals surface area contributed by atoms with Crippen molar-refractivity contribution >= 4 is 11.6 Å². The molecule has 0 aromatic heterocycles. The van der Waals surface area contributed by atoms with Crippen molar-refractivity contribution in [3.05, 3.63) is 24.3 Å². The lowest BCUT2D eigenvalue weighted by Gasteiger charge is -2.21. The summed E-state index contributed by atoms with van der Waals surface area (Å²) < 4.78 is 10.6. The van der Waals surface area contributed by atoms with E-state index in [0.29, 0.717) is 18.0 Å². The second-order valence-corrected chi connectivity index (χ2v) is 4.35. The number of carbonyl (C=O) groups is 1. The van der Waals surface area contributed by atoms with Crippen LogP contribution in [-0.4, -0.2) is 25.7 Å². The molecule has 1 heterocycles. The Hall–Kier alpha value is -2.06. The highest BCUT2D eigenvalue weighted by Crippen LogP contribution is 2.25. The van der Waals surface area contributed by atoms with Gasteiger partial charge in [0, 0.05) is 6.61 Å². The van der Waals surface area contributed by atoms with Gasteiger partial charge in [-0.2, -0.15) is 5.26 Å². The van der Waals surface area contributed by atoms with Gasteiger partial charge >= 0.3 is 0 Å². The van der Waals surface area contributed by atoms with Gasteiger partial charge in [-0.3, -0.25) is 4.79 Å². The van der Waals surface area contributed by atoms with E-state index in [1.807, 2.05) is 12.1 Å². The molecule has 0 radical (unpaired) electrons. The molecule has 0 spiro atoms. The molecule has 2 rings (SSSR count). The van der Waals surface area contributed by atoms with Gasteiger partial charge in [0.25, 0.3) is 0 Å². The van der Waals surface area contributed by atoms with E-state index in [1.54, 1.807) is 18.2 Å². The van der Waals surface area contributed by atoms with Crippen LogP contribution in [0, 0.1) is 17.2 Å². The van der Waals surface area contributed by atoms with Gasteiger partial charge < -0.3 is 14.8 Å². The molecule has 5 heteroatoms. The van der Waals surface area contributed by atoms with Crippen LogP contribution in [0.3, 0.4) is 0 Å². The Morgan fingerprint density at radius 2 is 2.37 bits per heavy atom. The van der Waals surface area contributed by atoms with Crippen LogP contribution in [0.5, 0.6) is 5.75 Å². The third-order valence-corrected chi connectivity index (χ3v) is 2.97. The molecule has 1 aromatic rings. The molecular weight excluding hydrogens is 244 g/mol. The quantitative estimate of drug-likeness (QED) is 0.898. The Labute approximate surface area is 112 Å². The summed E-state index contributed by atoms with van der Waals surface area (Å²) in [4.78, 5) is 12.1. The summed E-state index contributed by atoms with van der Waals surface area (Å²) in [5.74, 6) is 0.333. The molecule has 1 saturated heterocycles. The number of amides is 1. The summed E-state index contributed by atoms with van der Waals surface area (Å²) in [5, 5.41) is 11.4. The lowest BCUT2D eigenvalue weighted by Crippen LogP contribution is -2.30. The van der Waals surface area contributed by atoms with E-state index < -0.39 is 0 Å². The average Bonchev–Trinajstić information content (AvgIpc) is 2.47. The minimum atomic E-state index is -0.113. The van der Waals surface area contributed by atoms with Gasteiger partial charge in [0.1, 0.15) is 11.8 Å². The fraction of sp³-hybridized carbons (Fsp3) is 0.429. The van der Waals surface area contributed by atoms with E-state index in [0.717, 1.165) is 19.4 Å². The second kappa shape index (κ2) is 6.76. The van der Waals surface area contributed by atoms with E-state index in [4.69, 9.17) is 14.7 Å². The molecule has 0 saturated carbocycles. The van der Waals surface area contributed by atoms with E-state index in [1.165, 1.54) is 0 Å². The first-order valence-electron chi connectivity index (χ1n) is 6.28. The van der Waals surface area contributed by atoms with Crippen molar-refractivity contribution in [3.63, 3.8) is 0 Å². The number of benzene rings is 1. The zero-order chi connectivity index (χ0) is 13.5. The zero-order valence-electron chi connectivity index (χ0n) is 10.6. The fourth-order valence-electron chi connectivity index (χ4n) is 1.99. The monoisotopic (exact) mass is 260 g/mol. The number of rotatable bonds is 4. The summed E-state index contributed by atoms with van der Waals surface area (Å²) in [7, 11) is 0. The molecule has 5 nitrogen and oxygen atoms in total. The van der Waals surface area contributed by atoms with Crippen LogP contribution in [0.4, 0.5) is 5.69 Å². The van der Waals surface area contributed by atoms with Crippen LogP contribution < -0.4 is 10.1 Å². The molecule has 1 unspecified atom stereocenters. The largest absolute Gasteiger partial charge is 0.477 e. The zero-order valence-corrected chi connectivity index (χ0v) is 10.6. The van der Waals surface area contributed by atoms with Gasteiger partial charge in [-0.1, -0.05) is 12.1 Å². The van der Waals surface area contributed by atoms with E-state index >= 15 is 0 Å². The van der Waals surface area contributed by atoms with Crippen molar-refractivity contribution in [2.45, 2.75) is 12.8 Å². The SMILES string of the molecule is N#CCOc1ccccc1NC(=O)C1CCCOC1. The highest BCUT2D eigenvalue weighted by atomic mass is 16.5. The molecule has 1 N–H and O–H groups in total. The standard InChI is InChI=1S/C14H16N2O3/c15-7-9-19-13-6-2-1-5-12(13)16-14(17)11-4-3-8-18-10-11/h1-2,5-6,11H,3-4,8-10H2,(H,16,17). The molecule has 1 atom stereocenters. The number of hydrogen-bond acceptors (Lipinski definition) is 4. The summed E-state index contributed by atoms with van der Waals surface area (Å²) in [6, 6.07) is 9.00. The normalized spacial score (nSPS) is 18.4. The molecule has 19 heavy (non-hydrogen) atoms. The third kappa shape index (κ3) is 3.70. The van der Waals surface area contributed by atoms with Crippen LogP contribution in [0.2, 0.25) is 0 Å². The Balaban J connectivity index is 2.01. The molecule has 1 aliphatic heterocycles. The number of anilines is 1. The van der Waals surface area contributed by atoms with Gasteiger partial charge in [-0.25, -0.2) is 0 Å². The summed E-state index contributed by atoms with van der Waals surface area (Å²) in [5.41, 5.74) is 0.591. The van der Waals surface area contributed by atoms with E-state index in [9.17, 15) is 4.79 Å². The molecule has 1 amide bonds. The van der Waals surface area contributed by atoms with Crippen molar-refractivity contribution in [1.29, 1.82) is 5.26 Å². The molecule has 100 valence electrons. The average molecular weight is 260 g/mol. The van der Waals surface area contributed by atoms with Gasteiger partial charge in [0.2, 0.25) is 5.91 Å². The van der Waals surface area contributed by atoms with Crippen molar-refractivity contribution in [2.75, 3.05) is 25.1 Å². The van der Waals surface area contributed by atoms with Crippen LogP contribution in [-0.2, 0) is 9.53 Å². The maximum Gasteiger partial charge on any atom is 0.229 e. The second-order valence-electron chi connectivity index (χ2n) is 4.35.